The second kappa shape index (κ2) is 23.6. The number of methoxy groups -OCH3 is 4. The summed E-state index contributed by atoms with van der Waals surface area (Å²) in [5, 5.41) is 13.6. The second-order valence-electron chi connectivity index (χ2n) is 16.0. The molecule has 0 saturated heterocycles. The van der Waals surface area contributed by atoms with Gasteiger partial charge in [0.05, 0.1) is 86.4 Å². The van der Waals surface area contributed by atoms with Gasteiger partial charge in [-0.3, -0.25) is 0 Å². The molecule has 0 unspecified atom stereocenters. The molecule has 0 aliphatic heterocycles. The highest BCUT2D eigenvalue weighted by Gasteiger charge is 2.53. The zero-order chi connectivity index (χ0) is 45.5. The average molecular weight is 904 g/mol. The van der Waals surface area contributed by atoms with Crippen molar-refractivity contribution in [1.29, 1.82) is 0 Å². The molecule has 11 heteroatoms. The number of aliphatic hydroxyl groups is 1. The maximum absolute atomic E-state index is 13.0. The maximum atomic E-state index is 13.0. The molecule has 0 aromatic heterocycles. The third kappa shape index (κ3) is 12.6. The van der Waals surface area contributed by atoms with E-state index in [1.54, 1.807) is 28.4 Å². The van der Waals surface area contributed by atoms with Crippen molar-refractivity contribution in [3.8, 4) is 28.7 Å². The predicted octanol–water partition coefficient (Wildman–Crippen LogP) is 10.4. The summed E-state index contributed by atoms with van der Waals surface area (Å²) in [7, 11) is 6.57. The van der Waals surface area contributed by atoms with Crippen LogP contribution in [0.15, 0.2) is 140 Å². The van der Waals surface area contributed by atoms with Crippen molar-refractivity contribution >= 4 is 11.6 Å². The molecule has 6 atom stereocenters. The van der Waals surface area contributed by atoms with Crippen LogP contribution >= 0.6 is 11.6 Å². The lowest BCUT2D eigenvalue weighted by Crippen LogP contribution is -2.60. The lowest BCUT2D eigenvalue weighted by atomic mass is 9.70. The second-order valence-corrected chi connectivity index (χ2v) is 16.4. The molecule has 10 nitrogen and oxygen atoms in total. The van der Waals surface area contributed by atoms with Crippen molar-refractivity contribution in [2.75, 3.05) is 41.7 Å². The van der Waals surface area contributed by atoms with Gasteiger partial charge in [0.25, 0.3) is 0 Å². The summed E-state index contributed by atoms with van der Waals surface area (Å²) >= 11 is 6.97. The molecule has 1 aliphatic rings. The maximum Gasteiger partial charge on any atom is 0.119 e. The van der Waals surface area contributed by atoms with E-state index in [2.05, 4.69) is 6.07 Å². The Morgan fingerprint density at radius 3 is 1.35 bits per heavy atom. The van der Waals surface area contributed by atoms with Crippen LogP contribution in [0.1, 0.15) is 51.8 Å². The Hall–Kier alpha value is -5.59. The van der Waals surface area contributed by atoms with Crippen LogP contribution in [0.25, 0.3) is 0 Å². The van der Waals surface area contributed by atoms with Crippen LogP contribution in [-0.2, 0) is 51.8 Å². The Kier molecular flexibility index (Phi) is 17.2. The van der Waals surface area contributed by atoms with E-state index in [4.69, 9.17) is 54.2 Å². The van der Waals surface area contributed by atoms with E-state index in [1.807, 2.05) is 140 Å². The number of benzene rings is 6. The van der Waals surface area contributed by atoms with Gasteiger partial charge in [0.15, 0.2) is 0 Å². The smallest absolute Gasteiger partial charge is 0.119 e. The van der Waals surface area contributed by atoms with Gasteiger partial charge in [-0.2, -0.15) is 0 Å². The molecule has 6 aromatic carbocycles. The molecule has 6 aromatic rings. The van der Waals surface area contributed by atoms with Crippen LogP contribution < -0.4 is 23.7 Å². The summed E-state index contributed by atoms with van der Waals surface area (Å²) in [5.74, 6) is 2.63. The molecule has 0 bridgehead atoms. The predicted molar refractivity (Wildman–Crippen MR) is 251 cm³/mol. The number of hydrogen-bond acceptors (Lipinski definition) is 10. The number of ether oxygens (including phenoxy) is 9. The number of aliphatic hydroxyl groups excluding tert-OH is 1. The summed E-state index contributed by atoms with van der Waals surface area (Å²) in [6.45, 7) is 3.74. The molecule has 65 heavy (non-hydrogen) atoms. The van der Waals surface area contributed by atoms with E-state index in [0.717, 1.165) is 67.7 Å². The molecule has 1 saturated carbocycles. The first-order chi connectivity index (χ1) is 31.8. The fraction of sp³-hybridized carbons (Fsp3) is 0.333. The van der Waals surface area contributed by atoms with Crippen molar-refractivity contribution in [3.63, 3.8) is 0 Å². The average Bonchev–Trinajstić information content (AvgIpc) is 3.35. The van der Waals surface area contributed by atoms with Crippen LogP contribution in [0.2, 0.25) is 5.02 Å². The molecular weight excluding hydrogens is 844 g/mol. The van der Waals surface area contributed by atoms with E-state index < -0.39 is 36.3 Å². The zero-order valence-electron chi connectivity index (χ0n) is 37.7. The van der Waals surface area contributed by atoms with Crippen molar-refractivity contribution in [1.82, 2.24) is 0 Å². The largest absolute Gasteiger partial charge is 0.497 e. The molecule has 0 spiro atoms. The number of halogens is 1. The molecule has 0 heterocycles. The third-order valence-corrected chi connectivity index (χ3v) is 12.2. The van der Waals surface area contributed by atoms with Crippen LogP contribution in [0, 0.1) is 5.92 Å². The standard InChI is InChI=1S/C54H59ClO10/c1-6-62-47-26-7-36(8-27-47)29-42-30-41(17-28-49(42)55)50-51(56)48(35-61-31-37-9-18-43(57-2)19-10-37)52(63-32-38-11-20-44(58-3)21-12-38)54(65-34-40-15-24-46(60-5)25-16-40)53(50)64-33-39-13-22-45(59-4)23-14-39/h7-28,30,48,50-54,56H,6,29,31-35H2,1-5H3/t48-,50+,51-,52+,53-,54-/m0/s1. The quantitative estimate of drug-likeness (QED) is 0.0708. The van der Waals surface area contributed by atoms with Crippen molar-refractivity contribution in [3.05, 3.63) is 183 Å². The summed E-state index contributed by atoms with van der Waals surface area (Å²) in [5.41, 5.74) is 6.61. The fourth-order valence-corrected chi connectivity index (χ4v) is 8.47. The molecule has 7 rings (SSSR count). The van der Waals surface area contributed by atoms with Gasteiger partial charge in [-0.1, -0.05) is 84.4 Å². The minimum Gasteiger partial charge on any atom is -0.497 e. The Morgan fingerprint density at radius 2 is 0.892 bits per heavy atom. The van der Waals surface area contributed by atoms with Gasteiger partial charge in [-0.25, -0.2) is 0 Å². The summed E-state index contributed by atoms with van der Waals surface area (Å²) in [6.07, 6.45) is -2.52. The third-order valence-electron chi connectivity index (χ3n) is 11.9. The minimum absolute atomic E-state index is 0.164. The van der Waals surface area contributed by atoms with E-state index in [0.29, 0.717) is 24.7 Å². The van der Waals surface area contributed by atoms with Crippen molar-refractivity contribution < 1.29 is 47.7 Å². The molecule has 342 valence electrons. The minimum atomic E-state index is -1.01. The van der Waals surface area contributed by atoms with Gasteiger partial charge in [-0.15, -0.1) is 0 Å². The fourth-order valence-electron chi connectivity index (χ4n) is 8.28. The van der Waals surface area contributed by atoms with Crippen molar-refractivity contribution in [2.45, 2.75) is 70.1 Å². The van der Waals surface area contributed by atoms with E-state index in [1.165, 1.54) is 0 Å². The Labute approximate surface area is 387 Å². The Bertz CT molecular complexity index is 2340. The monoisotopic (exact) mass is 902 g/mol. The van der Waals surface area contributed by atoms with Crippen molar-refractivity contribution in [2.24, 2.45) is 5.92 Å². The van der Waals surface area contributed by atoms with Gasteiger partial charge in [0.1, 0.15) is 34.9 Å². The number of rotatable bonds is 22. The SMILES string of the molecule is CCOc1ccc(Cc2cc([C@@H]3[C@@H](O)[C@H](COCc4ccc(OC)cc4)[C@@H](OCc4ccc(OC)cc4)[C@H](OCc4ccc(OC)cc4)[C@H]3OCc3ccc(OC)cc3)ccc2Cl)cc1. The first kappa shape index (κ1) is 47.4. The Balaban J connectivity index is 1.29. The lowest BCUT2D eigenvalue weighted by molar-refractivity contribution is -0.228. The van der Waals surface area contributed by atoms with E-state index >= 15 is 0 Å². The molecule has 1 aliphatic carbocycles. The van der Waals surface area contributed by atoms with E-state index in [9.17, 15) is 5.11 Å². The van der Waals surface area contributed by atoms with Gasteiger partial charge in [-0.05, 0) is 119 Å². The summed E-state index contributed by atoms with van der Waals surface area (Å²) in [6, 6.07) is 45.1. The molecule has 1 N–H and O–H groups in total. The topological polar surface area (TPSA) is 103 Å². The first-order valence-electron chi connectivity index (χ1n) is 21.9. The van der Waals surface area contributed by atoms with Crippen LogP contribution in [0.5, 0.6) is 28.7 Å². The normalized spacial score (nSPS) is 19.4. The summed E-state index contributed by atoms with van der Waals surface area (Å²) < 4.78 is 55.1. The van der Waals surface area contributed by atoms with Gasteiger partial charge >= 0.3 is 0 Å². The first-order valence-corrected chi connectivity index (χ1v) is 22.3. The highest BCUT2D eigenvalue weighted by Crippen LogP contribution is 2.44. The van der Waals surface area contributed by atoms with Crippen LogP contribution in [0.3, 0.4) is 0 Å². The zero-order valence-corrected chi connectivity index (χ0v) is 38.4. The lowest BCUT2D eigenvalue weighted by Gasteiger charge is -2.49. The molecule has 0 radical (unpaired) electrons. The van der Waals surface area contributed by atoms with Crippen LogP contribution in [-0.4, -0.2) is 71.2 Å². The van der Waals surface area contributed by atoms with E-state index in [-0.39, 0.29) is 26.4 Å². The van der Waals surface area contributed by atoms with Gasteiger partial charge < -0.3 is 47.7 Å². The number of hydrogen-bond donors (Lipinski definition) is 1. The Morgan fingerprint density at radius 1 is 0.477 bits per heavy atom. The molecule has 1 fully saturated rings. The molecule has 0 amide bonds. The van der Waals surface area contributed by atoms with Gasteiger partial charge in [0.2, 0.25) is 0 Å². The highest BCUT2D eigenvalue weighted by atomic mass is 35.5. The summed E-state index contributed by atoms with van der Waals surface area (Å²) in [4.78, 5) is 0. The van der Waals surface area contributed by atoms with Crippen LogP contribution in [0.4, 0.5) is 0 Å². The molecular formula is C54H59ClO10. The van der Waals surface area contributed by atoms with Gasteiger partial charge in [0, 0.05) is 16.9 Å². The highest BCUT2D eigenvalue weighted by molar-refractivity contribution is 6.31.